The summed E-state index contributed by atoms with van der Waals surface area (Å²) < 4.78 is 4.51. The van der Waals surface area contributed by atoms with Crippen molar-refractivity contribution in [3.05, 3.63) is 36.2 Å². The summed E-state index contributed by atoms with van der Waals surface area (Å²) in [5, 5.41) is 2.57. The van der Waals surface area contributed by atoms with Crippen LogP contribution in [0.5, 0.6) is 0 Å². The minimum Gasteiger partial charge on any atom is -0.468 e. The van der Waals surface area contributed by atoms with Gasteiger partial charge in [-0.05, 0) is 17.7 Å². The van der Waals surface area contributed by atoms with Gasteiger partial charge in [0.15, 0.2) is 0 Å². The van der Waals surface area contributed by atoms with E-state index in [-0.39, 0.29) is 12.6 Å². The molecule has 1 aromatic carbocycles. The number of aromatic nitrogens is 2. The molecule has 8 heteroatoms. The Labute approximate surface area is 145 Å². The largest absolute Gasteiger partial charge is 0.468 e. The Morgan fingerprint density at radius 2 is 1.84 bits per heavy atom. The number of nitrogens with one attached hydrogen (secondary N) is 1. The monoisotopic (exact) mass is 343 g/mol. The highest BCUT2D eigenvalue weighted by Gasteiger charge is 2.21. The van der Waals surface area contributed by atoms with Crippen LogP contribution < -0.4 is 5.32 Å². The van der Waals surface area contributed by atoms with E-state index in [1.165, 1.54) is 12.7 Å². The smallest absolute Gasteiger partial charge is 0.325 e. The van der Waals surface area contributed by atoms with Gasteiger partial charge in [-0.2, -0.15) is 0 Å². The Morgan fingerprint density at radius 3 is 2.56 bits per heavy atom. The van der Waals surface area contributed by atoms with Crippen LogP contribution in [-0.4, -0.2) is 71.6 Å². The van der Waals surface area contributed by atoms with Gasteiger partial charge in [-0.1, -0.05) is 6.07 Å². The zero-order valence-corrected chi connectivity index (χ0v) is 14.1. The van der Waals surface area contributed by atoms with Crippen molar-refractivity contribution in [2.75, 3.05) is 39.8 Å². The molecule has 2 aromatic rings. The van der Waals surface area contributed by atoms with Gasteiger partial charge in [0.05, 0.1) is 18.1 Å². The molecule has 2 amide bonds. The molecule has 0 spiro atoms. The van der Waals surface area contributed by atoms with Crippen LogP contribution in [0.1, 0.15) is 5.56 Å². The number of esters is 1. The van der Waals surface area contributed by atoms with Crippen LogP contribution >= 0.6 is 0 Å². The van der Waals surface area contributed by atoms with E-state index in [2.05, 4.69) is 37.1 Å². The molecule has 3 rings (SSSR count). The molecule has 8 nitrogen and oxygen atoms in total. The van der Waals surface area contributed by atoms with Gasteiger partial charge in [0.1, 0.15) is 6.54 Å². The van der Waals surface area contributed by atoms with E-state index in [4.69, 9.17) is 0 Å². The molecule has 0 unspecified atom stereocenters. The fourth-order valence-corrected chi connectivity index (χ4v) is 2.81. The number of carbonyl (C=O) groups excluding carboxylic acids is 2. The van der Waals surface area contributed by atoms with Gasteiger partial charge in [-0.25, -0.2) is 4.79 Å². The molecule has 0 radical (unpaired) electrons. The molecule has 1 aromatic heterocycles. The van der Waals surface area contributed by atoms with E-state index in [9.17, 15) is 9.59 Å². The molecule has 2 heterocycles. The van der Waals surface area contributed by atoms with Crippen molar-refractivity contribution in [1.29, 1.82) is 0 Å². The molecule has 1 N–H and O–H groups in total. The standard InChI is InChI=1S/C17H21N5O3/c1-25-16(23)11-20-17(24)22-8-6-21(7-9-22)12-13-2-3-14-15(10-13)19-5-4-18-14/h2-5,10H,6-9,11-12H2,1H3,(H,20,24). The molecule has 0 atom stereocenters. The van der Waals surface area contributed by atoms with Crippen LogP contribution in [0.2, 0.25) is 0 Å². The number of nitrogens with zero attached hydrogens (tertiary/aromatic N) is 4. The van der Waals surface area contributed by atoms with Gasteiger partial charge in [0.2, 0.25) is 0 Å². The molecule has 0 aliphatic carbocycles. The molecule has 1 fully saturated rings. The third kappa shape index (κ3) is 4.42. The summed E-state index contributed by atoms with van der Waals surface area (Å²) >= 11 is 0. The second kappa shape index (κ2) is 7.89. The number of benzene rings is 1. The average Bonchev–Trinajstić information content (AvgIpc) is 2.66. The number of carbonyl (C=O) groups is 2. The summed E-state index contributed by atoms with van der Waals surface area (Å²) in [4.78, 5) is 35.7. The maximum Gasteiger partial charge on any atom is 0.325 e. The normalized spacial score (nSPS) is 15.2. The van der Waals surface area contributed by atoms with Gasteiger partial charge < -0.3 is 15.0 Å². The van der Waals surface area contributed by atoms with Crippen molar-refractivity contribution in [3.8, 4) is 0 Å². The third-order valence-electron chi connectivity index (χ3n) is 4.21. The van der Waals surface area contributed by atoms with Gasteiger partial charge >= 0.3 is 12.0 Å². The summed E-state index contributed by atoms with van der Waals surface area (Å²) in [5.74, 6) is -0.452. The molecule has 25 heavy (non-hydrogen) atoms. The van der Waals surface area contributed by atoms with E-state index in [0.717, 1.165) is 30.7 Å². The van der Waals surface area contributed by atoms with Gasteiger partial charge in [-0.15, -0.1) is 0 Å². The molecular formula is C17H21N5O3. The predicted molar refractivity (Wildman–Crippen MR) is 91.8 cm³/mol. The topological polar surface area (TPSA) is 87.7 Å². The highest BCUT2D eigenvalue weighted by molar-refractivity contribution is 5.80. The van der Waals surface area contributed by atoms with E-state index in [0.29, 0.717) is 13.1 Å². The Morgan fingerprint density at radius 1 is 1.12 bits per heavy atom. The predicted octanol–water partition coefficient (Wildman–Crippen LogP) is 0.630. The second-order valence-corrected chi connectivity index (χ2v) is 5.88. The van der Waals surface area contributed by atoms with E-state index >= 15 is 0 Å². The van der Waals surface area contributed by atoms with E-state index in [1.807, 2.05) is 6.07 Å². The number of piperazine rings is 1. The lowest BCUT2D eigenvalue weighted by molar-refractivity contribution is -0.139. The SMILES string of the molecule is COC(=O)CNC(=O)N1CCN(Cc2ccc3nccnc3c2)CC1. The van der Waals surface area contributed by atoms with E-state index in [1.54, 1.807) is 17.3 Å². The molecular weight excluding hydrogens is 322 g/mol. The van der Waals surface area contributed by atoms with Gasteiger partial charge in [0.25, 0.3) is 0 Å². The molecule has 1 aliphatic rings. The van der Waals surface area contributed by atoms with Crippen LogP contribution in [0.25, 0.3) is 11.0 Å². The first-order valence-corrected chi connectivity index (χ1v) is 8.17. The molecule has 1 saturated heterocycles. The lowest BCUT2D eigenvalue weighted by atomic mass is 10.1. The highest BCUT2D eigenvalue weighted by Crippen LogP contribution is 2.14. The van der Waals surface area contributed by atoms with E-state index < -0.39 is 5.97 Å². The number of amides is 2. The minimum absolute atomic E-state index is 0.103. The number of fused-ring (bicyclic) bond motifs is 1. The van der Waals surface area contributed by atoms with Crippen molar-refractivity contribution in [3.63, 3.8) is 0 Å². The Kier molecular flexibility index (Phi) is 5.39. The fourth-order valence-electron chi connectivity index (χ4n) is 2.81. The molecule has 132 valence electrons. The zero-order chi connectivity index (χ0) is 17.6. The van der Waals surface area contributed by atoms with Crippen molar-refractivity contribution in [1.82, 2.24) is 25.1 Å². The van der Waals surface area contributed by atoms with Gasteiger partial charge in [-0.3, -0.25) is 19.7 Å². The number of methoxy groups -OCH3 is 1. The van der Waals surface area contributed by atoms with Crippen LogP contribution in [0.4, 0.5) is 4.79 Å². The number of hydrogen-bond acceptors (Lipinski definition) is 6. The second-order valence-electron chi connectivity index (χ2n) is 5.88. The highest BCUT2D eigenvalue weighted by atomic mass is 16.5. The maximum atomic E-state index is 12.0. The molecule has 0 saturated carbocycles. The first-order chi connectivity index (χ1) is 12.2. The number of hydrogen-bond donors (Lipinski definition) is 1. The first-order valence-electron chi connectivity index (χ1n) is 8.17. The average molecular weight is 343 g/mol. The van der Waals surface area contributed by atoms with Crippen LogP contribution in [0.15, 0.2) is 30.6 Å². The summed E-state index contributed by atoms with van der Waals surface area (Å²) in [6.45, 7) is 3.52. The van der Waals surface area contributed by atoms with Crippen LogP contribution in [-0.2, 0) is 16.1 Å². The van der Waals surface area contributed by atoms with Crippen molar-refractivity contribution in [2.24, 2.45) is 0 Å². The van der Waals surface area contributed by atoms with Crippen LogP contribution in [0, 0.1) is 0 Å². The third-order valence-corrected chi connectivity index (χ3v) is 4.21. The minimum atomic E-state index is -0.452. The van der Waals surface area contributed by atoms with Gasteiger partial charge in [0, 0.05) is 45.1 Å². The zero-order valence-electron chi connectivity index (χ0n) is 14.1. The summed E-state index contributed by atoms with van der Waals surface area (Å²) in [6.07, 6.45) is 3.38. The number of urea groups is 1. The van der Waals surface area contributed by atoms with Crippen molar-refractivity contribution >= 4 is 23.0 Å². The molecule has 1 aliphatic heterocycles. The number of ether oxygens (including phenoxy) is 1. The quantitative estimate of drug-likeness (QED) is 0.820. The lowest BCUT2D eigenvalue weighted by Crippen LogP contribution is -2.52. The number of rotatable bonds is 4. The summed E-state index contributed by atoms with van der Waals surface area (Å²) in [5.41, 5.74) is 2.95. The Balaban J connectivity index is 1.50. The molecule has 0 bridgehead atoms. The summed E-state index contributed by atoms with van der Waals surface area (Å²) in [7, 11) is 1.30. The summed E-state index contributed by atoms with van der Waals surface area (Å²) in [6, 6.07) is 5.87. The van der Waals surface area contributed by atoms with Crippen molar-refractivity contribution in [2.45, 2.75) is 6.54 Å². The Bertz CT molecular complexity index is 759. The Hall–Kier alpha value is -2.74. The van der Waals surface area contributed by atoms with Crippen LogP contribution in [0.3, 0.4) is 0 Å². The lowest BCUT2D eigenvalue weighted by Gasteiger charge is -2.34. The first kappa shape index (κ1) is 17.1. The maximum absolute atomic E-state index is 12.0. The fraction of sp³-hybridized carbons (Fsp3) is 0.412. The van der Waals surface area contributed by atoms with Crippen molar-refractivity contribution < 1.29 is 14.3 Å².